The van der Waals surface area contributed by atoms with E-state index < -0.39 is 0 Å². The van der Waals surface area contributed by atoms with Crippen LogP contribution in [0.2, 0.25) is 0 Å². The molecule has 1 aromatic rings. The number of piperidine rings is 1. The van der Waals surface area contributed by atoms with Crippen LogP contribution in [0.1, 0.15) is 37.0 Å². The smallest absolute Gasteiger partial charge is 0.243 e. The number of rotatable bonds is 4. The summed E-state index contributed by atoms with van der Waals surface area (Å²) in [5.74, 6) is 0.272. The van der Waals surface area contributed by atoms with Crippen LogP contribution in [0.4, 0.5) is 5.00 Å². The molecule has 1 amide bonds. The fourth-order valence-corrected chi connectivity index (χ4v) is 3.22. The third-order valence-corrected chi connectivity index (χ3v) is 4.68. The number of carbonyl (C=O) groups is 1. The molecule has 0 unspecified atom stereocenters. The van der Waals surface area contributed by atoms with Gasteiger partial charge in [0.15, 0.2) is 0 Å². The first-order chi connectivity index (χ1) is 9.33. The lowest BCUT2D eigenvalue weighted by Gasteiger charge is -2.27. The Hall–Kier alpha value is -1.36. The van der Waals surface area contributed by atoms with Crippen LogP contribution in [0.3, 0.4) is 0 Å². The van der Waals surface area contributed by atoms with Gasteiger partial charge in [0.25, 0.3) is 0 Å². The molecule has 2 aliphatic rings. The van der Waals surface area contributed by atoms with Crippen LogP contribution in [-0.2, 0) is 4.79 Å². The van der Waals surface area contributed by atoms with E-state index in [0.29, 0.717) is 0 Å². The number of amides is 1. The van der Waals surface area contributed by atoms with Gasteiger partial charge >= 0.3 is 0 Å². The average Bonchev–Trinajstić information content (AvgIpc) is 3.20. The Labute approximate surface area is 117 Å². The summed E-state index contributed by atoms with van der Waals surface area (Å²) in [6, 6.07) is 4.22. The second-order valence-corrected chi connectivity index (χ2v) is 6.33. The molecule has 0 spiro atoms. The lowest BCUT2D eigenvalue weighted by Crippen LogP contribution is -2.28. The largest absolute Gasteiger partial charge is 0.363 e. The molecule has 2 fully saturated rings. The summed E-state index contributed by atoms with van der Waals surface area (Å²) in [6.45, 7) is 2.32. The number of nitrogens with one attached hydrogen (secondary N) is 1. The van der Waals surface area contributed by atoms with Crippen molar-refractivity contribution in [3.05, 3.63) is 17.0 Å². The van der Waals surface area contributed by atoms with Crippen molar-refractivity contribution < 1.29 is 4.79 Å². The number of carbonyl (C=O) groups excluding carboxylic acids is 1. The topological polar surface area (TPSA) is 44.7 Å². The van der Waals surface area contributed by atoms with E-state index in [1.165, 1.54) is 24.3 Å². The summed E-state index contributed by atoms with van der Waals surface area (Å²) in [5.41, 5.74) is 2.61. The molecule has 0 aromatic carbocycles. The summed E-state index contributed by atoms with van der Waals surface area (Å²) in [4.78, 5) is 15.0. The third kappa shape index (κ3) is 3.35. The van der Waals surface area contributed by atoms with E-state index in [0.717, 1.165) is 30.8 Å². The second kappa shape index (κ2) is 5.74. The van der Waals surface area contributed by atoms with Crippen LogP contribution < -0.4 is 10.3 Å². The van der Waals surface area contributed by atoms with Crippen molar-refractivity contribution in [3.63, 3.8) is 0 Å². The van der Waals surface area contributed by atoms with Crippen LogP contribution in [-0.4, -0.2) is 25.2 Å². The van der Waals surface area contributed by atoms with Crippen molar-refractivity contribution in [2.45, 2.75) is 32.1 Å². The normalized spacial score (nSPS) is 19.9. The summed E-state index contributed by atoms with van der Waals surface area (Å²) in [5, 5.41) is 5.34. The van der Waals surface area contributed by atoms with Gasteiger partial charge in [0.05, 0.1) is 11.2 Å². The lowest BCUT2D eigenvalue weighted by atomic mass is 10.1. The van der Waals surface area contributed by atoms with Gasteiger partial charge in [0, 0.05) is 23.9 Å². The zero-order valence-electron chi connectivity index (χ0n) is 11.0. The van der Waals surface area contributed by atoms with Crippen LogP contribution in [0.15, 0.2) is 17.2 Å². The van der Waals surface area contributed by atoms with Crippen LogP contribution in [0.5, 0.6) is 0 Å². The van der Waals surface area contributed by atoms with Gasteiger partial charge < -0.3 is 4.90 Å². The SMILES string of the molecule is O=C(N/N=C\c1ccc(N2CCCCC2)s1)C1CC1. The maximum atomic E-state index is 11.4. The second-order valence-electron chi connectivity index (χ2n) is 5.23. The van der Waals surface area contributed by atoms with E-state index in [1.807, 2.05) is 0 Å². The number of hydrogen-bond acceptors (Lipinski definition) is 4. The van der Waals surface area contributed by atoms with Gasteiger partial charge in [-0.25, -0.2) is 5.43 Å². The van der Waals surface area contributed by atoms with E-state index in [4.69, 9.17) is 0 Å². The fraction of sp³-hybridized carbons (Fsp3) is 0.571. The molecule has 1 saturated heterocycles. The molecule has 3 rings (SSSR count). The van der Waals surface area contributed by atoms with Crippen molar-refractivity contribution in [3.8, 4) is 0 Å². The van der Waals surface area contributed by atoms with E-state index >= 15 is 0 Å². The van der Waals surface area contributed by atoms with Crippen molar-refractivity contribution in [2.75, 3.05) is 18.0 Å². The molecule has 1 aliphatic heterocycles. The summed E-state index contributed by atoms with van der Waals surface area (Å²) in [6.07, 6.45) is 7.71. The number of hydrazone groups is 1. The lowest BCUT2D eigenvalue weighted by molar-refractivity contribution is -0.122. The number of hydrogen-bond donors (Lipinski definition) is 1. The van der Waals surface area contributed by atoms with Crippen LogP contribution >= 0.6 is 11.3 Å². The molecular weight excluding hydrogens is 258 g/mol. The van der Waals surface area contributed by atoms with Crippen molar-refractivity contribution in [1.29, 1.82) is 0 Å². The molecule has 1 aliphatic carbocycles. The quantitative estimate of drug-likeness (QED) is 0.679. The Morgan fingerprint density at radius 3 is 2.84 bits per heavy atom. The van der Waals surface area contributed by atoms with Gasteiger partial charge in [0.2, 0.25) is 5.91 Å². The monoisotopic (exact) mass is 277 g/mol. The highest BCUT2D eigenvalue weighted by Gasteiger charge is 2.29. The minimum atomic E-state index is 0.0593. The molecule has 1 aromatic heterocycles. The first kappa shape index (κ1) is 12.7. The van der Waals surface area contributed by atoms with Crippen molar-refractivity contribution in [2.24, 2.45) is 11.0 Å². The number of thiophene rings is 1. The molecule has 1 N–H and O–H groups in total. The predicted octanol–water partition coefficient (Wildman–Crippen LogP) is 2.60. The zero-order valence-corrected chi connectivity index (χ0v) is 11.8. The highest BCUT2D eigenvalue weighted by molar-refractivity contribution is 7.17. The van der Waals surface area contributed by atoms with Gasteiger partial charge in [0.1, 0.15) is 0 Å². The van der Waals surface area contributed by atoms with Crippen molar-refractivity contribution >= 4 is 28.5 Å². The van der Waals surface area contributed by atoms with E-state index in [9.17, 15) is 4.79 Å². The molecule has 4 nitrogen and oxygen atoms in total. The first-order valence-electron chi connectivity index (χ1n) is 7.00. The zero-order chi connectivity index (χ0) is 13.1. The Morgan fingerprint density at radius 2 is 2.11 bits per heavy atom. The number of nitrogens with zero attached hydrogens (tertiary/aromatic N) is 2. The van der Waals surface area contributed by atoms with E-state index in [1.54, 1.807) is 17.6 Å². The molecule has 0 radical (unpaired) electrons. The highest BCUT2D eigenvalue weighted by Crippen LogP contribution is 2.29. The van der Waals surface area contributed by atoms with Gasteiger partial charge in [-0.3, -0.25) is 4.79 Å². The third-order valence-electron chi connectivity index (χ3n) is 3.60. The van der Waals surface area contributed by atoms with Gasteiger partial charge in [-0.1, -0.05) is 0 Å². The minimum absolute atomic E-state index is 0.0593. The minimum Gasteiger partial charge on any atom is -0.363 e. The average molecular weight is 277 g/mol. The van der Waals surface area contributed by atoms with Gasteiger partial charge in [-0.15, -0.1) is 11.3 Å². The van der Waals surface area contributed by atoms with E-state index in [-0.39, 0.29) is 11.8 Å². The first-order valence-corrected chi connectivity index (χ1v) is 7.82. The van der Waals surface area contributed by atoms with Crippen molar-refractivity contribution in [1.82, 2.24) is 5.43 Å². The molecule has 19 heavy (non-hydrogen) atoms. The predicted molar refractivity (Wildman–Crippen MR) is 78.8 cm³/mol. The van der Waals surface area contributed by atoms with Crippen LogP contribution in [0.25, 0.3) is 0 Å². The van der Waals surface area contributed by atoms with E-state index in [2.05, 4.69) is 27.6 Å². The summed E-state index contributed by atoms with van der Waals surface area (Å²) >= 11 is 1.74. The highest BCUT2D eigenvalue weighted by atomic mass is 32.1. The molecule has 2 heterocycles. The van der Waals surface area contributed by atoms with Gasteiger partial charge in [-0.05, 0) is 44.2 Å². The van der Waals surface area contributed by atoms with Crippen LogP contribution in [0, 0.1) is 5.92 Å². The Balaban J connectivity index is 1.54. The summed E-state index contributed by atoms with van der Waals surface area (Å²) < 4.78 is 0. The Bertz CT molecular complexity index is 473. The molecule has 0 atom stereocenters. The maximum absolute atomic E-state index is 11.4. The molecular formula is C14H19N3OS. The molecule has 5 heteroatoms. The molecule has 0 bridgehead atoms. The standard InChI is InChI=1S/C14H19N3OS/c18-14(11-4-5-11)16-15-10-12-6-7-13(19-12)17-8-2-1-3-9-17/h6-7,10-11H,1-5,8-9H2,(H,16,18)/b15-10-. The molecule has 102 valence electrons. The fourth-order valence-electron chi connectivity index (χ4n) is 2.29. The Kier molecular flexibility index (Phi) is 3.82. The maximum Gasteiger partial charge on any atom is 0.243 e. The van der Waals surface area contributed by atoms with Gasteiger partial charge in [-0.2, -0.15) is 5.10 Å². The Morgan fingerprint density at radius 1 is 1.32 bits per heavy atom. The molecule has 1 saturated carbocycles. The number of anilines is 1. The summed E-state index contributed by atoms with van der Waals surface area (Å²) in [7, 11) is 0.